The highest BCUT2D eigenvalue weighted by atomic mass is 16.7. The second-order valence-electron chi connectivity index (χ2n) is 7.73. The molecule has 2 amide bonds. The number of rotatable bonds is 4. The predicted molar refractivity (Wildman–Crippen MR) is 117 cm³/mol. The molecule has 3 atom stereocenters. The molecule has 0 unspecified atom stereocenters. The number of hydroxylamine groups is 1. The first-order valence-corrected chi connectivity index (χ1v) is 10.2. The summed E-state index contributed by atoms with van der Waals surface area (Å²) in [6.45, 7) is 1.98. The van der Waals surface area contributed by atoms with Gasteiger partial charge in [-0.15, -0.1) is 0 Å². The van der Waals surface area contributed by atoms with E-state index in [4.69, 9.17) is 9.57 Å². The molecule has 0 spiro atoms. The van der Waals surface area contributed by atoms with Gasteiger partial charge in [-0.1, -0.05) is 48.5 Å². The lowest BCUT2D eigenvalue weighted by Crippen LogP contribution is -2.37. The summed E-state index contributed by atoms with van der Waals surface area (Å²) in [4.78, 5) is 34.3. The molecule has 3 aromatic rings. The molecule has 6 heteroatoms. The van der Waals surface area contributed by atoms with Crippen molar-refractivity contribution in [3.63, 3.8) is 0 Å². The molecule has 0 bridgehead atoms. The zero-order chi connectivity index (χ0) is 21.5. The van der Waals surface area contributed by atoms with Gasteiger partial charge in [-0.25, -0.2) is 9.96 Å². The summed E-state index contributed by atoms with van der Waals surface area (Å²) in [5.74, 6) is -0.518. The van der Waals surface area contributed by atoms with Crippen LogP contribution in [0.1, 0.15) is 17.2 Å². The summed E-state index contributed by atoms with van der Waals surface area (Å²) in [6.07, 6.45) is -0.876. The van der Waals surface area contributed by atoms with E-state index in [0.29, 0.717) is 5.69 Å². The number of amides is 2. The topological polar surface area (TPSA) is 59.1 Å². The minimum atomic E-state index is -0.876. The summed E-state index contributed by atoms with van der Waals surface area (Å²) >= 11 is 0. The number of fused-ring (bicyclic) bond motifs is 1. The SMILES string of the molecule is COc1ccc([C@H]2[C@@H]3C(=O)N(c4ccccc4)C(=O)[C@@H]3ON2c2ccccc2C)cc1. The molecule has 2 aliphatic rings. The van der Waals surface area contributed by atoms with Crippen LogP contribution in [0.2, 0.25) is 0 Å². The standard InChI is InChI=1S/C25H22N2O4/c1-16-8-6-7-11-20(16)27-22(17-12-14-19(30-2)15-13-17)21-23(31-27)25(29)26(24(21)28)18-9-4-3-5-10-18/h3-15,21-23H,1-2H3/t21-,22-,23+/m0/s1. The molecule has 31 heavy (non-hydrogen) atoms. The third kappa shape index (κ3) is 3.07. The zero-order valence-electron chi connectivity index (χ0n) is 17.3. The van der Waals surface area contributed by atoms with Crippen LogP contribution in [-0.2, 0) is 14.4 Å². The number of para-hydroxylation sites is 2. The van der Waals surface area contributed by atoms with Gasteiger partial charge in [0, 0.05) is 0 Å². The van der Waals surface area contributed by atoms with E-state index in [-0.39, 0.29) is 11.8 Å². The van der Waals surface area contributed by atoms with E-state index < -0.39 is 18.1 Å². The van der Waals surface area contributed by atoms with Gasteiger partial charge in [0.1, 0.15) is 11.7 Å². The lowest BCUT2D eigenvalue weighted by atomic mass is 9.90. The maximum absolute atomic E-state index is 13.5. The summed E-state index contributed by atoms with van der Waals surface area (Å²) in [7, 11) is 1.61. The highest BCUT2D eigenvalue weighted by Gasteiger charge is 2.60. The van der Waals surface area contributed by atoms with Crippen LogP contribution in [0.15, 0.2) is 78.9 Å². The number of imide groups is 1. The number of carbonyl (C=O) groups is 2. The Labute approximate surface area is 180 Å². The Balaban J connectivity index is 1.60. The van der Waals surface area contributed by atoms with Gasteiger partial charge in [-0.2, -0.15) is 0 Å². The Morgan fingerprint density at radius 2 is 1.52 bits per heavy atom. The van der Waals surface area contributed by atoms with Crippen molar-refractivity contribution in [2.24, 2.45) is 5.92 Å². The highest BCUT2D eigenvalue weighted by Crippen LogP contribution is 2.48. The summed E-state index contributed by atoms with van der Waals surface area (Å²) in [5, 5.41) is 1.73. The van der Waals surface area contributed by atoms with Crippen molar-refractivity contribution in [1.82, 2.24) is 0 Å². The quantitative estimate of drug-likeness (QED) is 0.603. The number of hydrogen-bond acceptors (Lipinski definition) is 5. The van der Waals surface area contributed by atoms with E-state index in [1.807, 2.05) is 73.7 Å². The Morgan fingerprint density at radius 3 is 2.19 bits per heavy atom. The minimum absolute atomic E-state index is 0.252. The molecule has 0 N–H and O–H groups in total. The molecule has 5 rings (SSSR count). The molecule has 2 fully saturated rings. The molecule has 0 aromatic heterocycles. The lowest BCUT2D eigenvalue weighted by Gasteiger charge is -2.29. The first kappa shape index (κ1) is 19.3. The molecule has 2 heterocycles. The Kier molecular flexibility index (Phi) is 4.71. The minimum Gasteiger partial charge on any atom is -0.497 e. The van der Waals surface area contributed by atoms with Crippen LogP contribution in [0, 0.1) is 12.8 Å². The number of aryl methyl sites for hydroxylation is 1. The van der Waals surface area contributed by atoms with Crippen molar-refractivity contribution >= 4 is 23.2 Å². The van der Waals surface area contributed by atoms with Crippen molar-refractivity contribution in [3.05, 3.63) is 90.0 Å². The van der Waals surface area contributed by atoms with E-state index in [9.17, 15) is 9.59 Å². The maximum Gasteiger partial charge on any atom is 0.266 e. The third-order valence-electron chi connectivity index (χ3n) is 5.94. The van der Waals surface area contributed by atoms with Gasteiger partial charge in [0.25, 0.3) is 5.91 Å². The number of methoxy groups -OCH3 is 1. The smallest absolute Gasteiger partial charge is 0.266 e. The van der Waals surface area contributed by atoms with Crippen molar-refractivity contribution in [1.29, 1.82) is 0 Å². The van der Waals surface area contributed by atoms with Gasteiger partial charge in [0.05, 0.1) is 24.5 Å². The number of ether oxygens (including phenoxy) is 1. The molecule has 0 radical (unpaired) electrons. The first-order chi connectivity index (χ1) is 15.1. The summed E-state index contributed by atoms with van der Waals surface area (Å²) in [5.41, 5.74) is 3.28. The van der Waals surface area contributed by atoms with Crippen molar-refractivity contribution in [3.8, 4) is 5.75 Å². The fraction of sp³-hybridized carbons (Fsp3) is 0.200. The van der Waals surface area contributed by atoms with Gasteiger partial charge in [-0.05, 0) is 48.4 Å². The number of nitrogens with zero attached hydrogens (tertiary/aromatic N) is 2. The number of anilines is 2. The van der Waals surface area contributed by atoms with Crippen molar-refractivity contribution < 1.29 is 19.2 Å². The zero-order valence-corrected chi connectivity index (χ0v) is 17.3. The molecule has 0 saturated carbocycles. The Bertz CT molecular complexity index is 1130. The van der Waals surface area contributed by atoms with Gasteiger partial charge >= 0.3 is 0 Å². The Hall–Kier alpha value is -3.64. The maximum atomic E-state index is 13.5. The Morgan fingerprint density at radius 1 is 0.839 bits per heavy atom. The average Bonchev–Trinajstić information content (AvgIpc) is 3.30. The largest absolute Gasteiger partial charge is 0.497 e. The van der Waals surface area contributed by atoms with Gasteiger partial charge < -0.3 is 4.74 Å². The van der Waals surface area contributed by atoms with Crippen LogP contribution in [0.25, 0.3) is 0 Å². The van der Waals surface area contributed by atoms with E-state index in [1.54, 1.807) is 24.3 Å². The second-order valence-corrected chi connectivity index (χ2v) is 7.73. The molecular weight excluding hydrogens is 392 g/mol. The van der Waals surface area contributed by atoms with Crippen LogP contribution < -0.4 is 14.7 Å². The van der Waals surface area contributed by atoms with E-state index in [0.717, 1.165) is 22.6 Å². The third-order valence-corrected chi connectivity index (χ3v) is 5.94. The summed E-state index contributed by atoms with van der Waals surface area (Å²) < 4.78 is 5.29. The molecule has 3 aromatic carbocycles. The van der Waals surface area contributed by atoms with E-state index in [1.165, 1.54) is 4.90 Å². The fourth-order valence-corrected chi connectivity index (χ4v) is 4.41. The van der Waals surface area contributed by atoms with Crippen molar-refractivity contribution in [2.45, 2.75) is 19.1 Å². The number of carbonyl (C=O) groups excluding carboxylic acids is 2. The van der Waals surface area contributed by atoms with Gasteiger partial charge in [0.2, 0.25) is 5.91 Å². The van der Waals surface area contributed by atoms with Gasteiger partial charge in [-0.3, -0.25) is 14.4 Å². The van der Waals surface area contributed by atoms with Crippen LogP contribution >= 0.6 is 0 Å². The van der Waals surface area contributed by atoms with Gasteiger partial charge in [0.15, 0.2) is 6.10 Å². The number of benzene rings is 3. The molecule has 2 saturated heterocycles. The monoisotopic (exact) mass is 414 g/mol. The summed E-state index contributed by atoms with van der Waals surface area (Å²) in [6, 6.07) is 23.9. The lowest BCUT2D eigenvalue weighted by molar-refractivity contribution is -0.126. The first-order valence-electron chi connectivity index (χ1n) is 10.2. The predicted octanol–water partition coefficient (Wildman–Crippen LogP) is 4.05. The van der Waals surface area contributed by atoms with E-state index >= 15 is 0 Å². The molecule has 6 nitrogen and oxygen atoms in total. The average molecular weight is 414 g/mol. The molecular formula is C25H22N2O4. The highest BCUT2D eigenvalue weighted by molar-refractivity contribution is 6.23. The van der Waals surface area contributed by atoms with Crippen LogP contribution in [-0.4, -0.2) is 25.0 Å². The van der Waals surface area contributed by atoms with Crippen molar-refractivity contribution in [2.75, 3.05) is 17.1 Å². The van der Waals surface area contributed by atoms with Crippen LogP contribution in [0.4, 0.5) is 11.4 Å². The van der Waals surface area contributed by atoms with Crippen LogP contribution in [0.5, 0.6) is 5.75 Å². The molecule has 156 valence electrons. The van der Waals surface area contributed by atoms with E-state index in [2.05, 4.69) is 0 Å². The molecule has 2 aliphatic heterocycles. The number of hydrogen-bond donors (Lipinski definition) is 0. The van der Waals surface area contributed by atoms with Crippen LogP contribution in [0.3, 0.4) is 0 Å². The molecule has 0 aliphatic carbocycles. The second kappa shape index (κ2) is 7.56. The normalized spacial score (nSPS) is 22.7. The fourth-order valence-electron chi connectivity index (χ4n) is 4.41.